The second kappa shape index (κ2) is 9.80. The molecule has 5 nitrogen and oxygen atoms in total. The van der Waals surface area contributed by atoms with Crippen molar-refractivity contribution in [1.82, 2.24) is 15.5 Å². The van der Waals surface area contributed by atoms with E-state index in [0.717, 1.165) is 25.5 Å². The lowest BCUT2D eigenvalue weighted by Crippen LogP contribution is -2.44. The van der Waals surface area contributed by atoms with Gasteiger partial charge in [-0.05, 0) is 42.5 Å². The highest BCUT2D eigenvalue weighted by Crippen LogP contribution is 2.40. The van der Waals surface area contributed by atoms with E-state index in [0.29, 0.717) is 5.41 Å². The van der Waals surface area contributed by atoms with Crippen LogP contribution in [0.25, 0.3) is 0 Å². The van der Waals surface area contributed by atoms with Crippen LogP contribution in [0.3, 0.4) is 0 Å². The molecule has 1 aliphatic rings. The monoisotopic (exact) mass is 364 g/mol. The zero-order valence-electron chi connectivity index (χ0n) is 15.8. The van der Waals surface area contributed by atoms with Crippen molar-refractivity contribution in [2.24, 2.45) is 10.4 Å². The highest BCUT2D eigenvalue weighted by molar-refractivity contribution is 7.09. The Morgan fingerprint density at radius 2 is 2.08 bits per heavy atom. The van der Waals surface area contributed by atoms with E-state index in [-0.39, 0.29) is 12.5 Å². The van der Waals surface area contributed by atoms with Gasteiger partial charge < -0.3 is 15.5 Å². The SMILES string of the molecule is CCC1(CNC(=NCC(=O)N(C)C)NCCc2cccs2)CCCC1. The van der Waals surface area contributed by atoms with Crippen LogP contribution in [0.2, 0.25) is 0 Å². The smallest absolute Gasteiger partial charge is 0.243 e. The Bertz CT molecular complexity index is 548. The molecule has 0 aromatic carbocycles. The number of likely N-dealkylation sites (N-methyl/N-ethyl adjacent to an activating group) is 1. The van der Waals surface area contributed by atoms with Crippen LogP contribution in [0.1, 0.15) is 43.9 Å². The van der Waals surface area contributed by atoms with Crippen molar-refractivity contribution in [3.63, 3.8) is 0 Å². The maximum absolute atomic E-state index is 11.9. The second-order valence-electron chi connectivity index (χ2n) is 7.12. The third kappa shape index (κ3) is 6.34. The maximum Gasteiger partial charge on any atom is 0.243 e. The molecule has 0 aliphatic heterocycles. The maximum atomic E-state index is 11.9. The van der Waals surface area contributed by atoms with E-state index in [1.54, 1.807) is 30.3 Å². The molecule has 0 spiro atoms. The fourth-order valence-electron chi connectivity index (χ4n) is 3.27. The second-order valence-corrected chi connectivity index (χ2v) is 8.16. The van der Waals surface area contributed by atoms with Crippen LogP contribution in [0.15, 0.2) is 22.5 Å². The number of amides is 1. The Morgan fingerprint density at radius 3 is 2.68 bits per heavy atom. The molecule has 1 aromatic rings. The van der Waals surface area contributed by atoms with E-state index in [1.165, 1.54) is 37.0 Å². The van der Waals surface area contributed by atoms with Gasteiger partial charge in [-0.2, -0.15) is 0 Å². The first kappa shape index (κ1) is 19.8. The molecule has 0 atom stereocenters. The number of carbonyl (C=O) groups excluding carboxylic acids is 1. The Balaban J connectivity index is 1.90. The van der Waals surface area contributed by atoms with E-state index >= 15 is 0 Å². The van der Waals surface area contributed by atoms with Gasteiger partial charge in [0.2, 0.25) is 5.91 Å². The van der Waals surface area contributed by atoms with Crippen LogP contribution in [-0.4, -0.2) is 50.5 Å². The first-order valence-corrected chi connectivity index (χ1v) is 10.2. The molecule has 1 aliphatic carbocycles. The quantitative estimate of drug-likeness (QED) is 0.551. The van der Waals surface area contributed by atoms with Crippen molar-refractivity contribution < 1.29 is 4.79 Å². The van der Waals surface area contributed by atoms with Crippen LogP contribution in [0.4, 0.5) is 0 Å². The van der Waals surface area contributed by atoms with Gasteiger partial charge in [-0.3, -0.25) is 4.79 Å². The molecule has 0 radical (unpaired) electrons. The summed E-state index contributed by atoms with van der Waals surface area (Å²) >= 11 is 1.77. The van der Waals surface area contributed by atoms with Crippen molar-refractivity contribution >= 4 is 23.2 Å². The van der Waals surface area contributed by atoms with Crippen molar-refractivity contribution in [3.05, 3.63) is 22.4 Å². The van der Waals surface area contributed by atoms with E-state index in [1.807, 2.05) is 0 Å². The van der Waals surface area contributed by atoms with Gasteiger partial charge in [0.1, 0.15) is 6.54 Å². The first-order valence-electron chi connectivity index (χ1n) is 9.29. The van der Waals surface area contributed by atoms with Gasteiger partial charge in [-0.25, -0.2) is 4.99 Å². The van der Waals surface area contributed by atoms with Gasteiger partial charge in [0.15, 0.2) is 5.96 Å². The molecule has 1 amide bonds. The number of nitrogens with zero attached hydrogens (tertiary/aromatic N) is 2. The van der Waals surface area contributed by atoms with Crippen LogP contribution >= 0.6 is 11.3 Å². The number of nitrogens with one attached hydrogen (secondary N) is 2. The summed E-state index contributed by atoms with van der Waals surface area (Å²) in [5.74, 6) is 0.775. The third-order valence-corrected chi connectivity index (χ3v) is 6.10. The number of aliphatic imine (C=N–C) groups is 1. The number of thiophene rings is 1. The summed E-state index contributed by atoms with van der Waals surface area (Å²) in [4.78, 5) is 19.3. The van der Waals surface area contributed by atoms with Crippen LogP contribution in [0.5, 0.6) is 0 Å². The molecule has 0 unspecified atom stereocenters. The van der Waals surface area contributed by atoms with Crippen LogP contribution < -0.4 is 10.6 Å². The summed E-state index contributed by atoms with van der Waals surface area (Å²) in [6.45, 7) is 4.22. The van der Waals surface area contributed by atoms with Gasteiger partial charge in [0, 0.05) is 32.1 Å². The fourth-order valence-corrected chi connectivity index (χ4v) is 3.98. The number of hydrogen-bond donors (Lipinski definition) is 2. The molecule has 0 saturated heterocycles. The minimum absolute atomic E-state index is 0.0189. The molecule has 0 bridgehead atoms. The third-order valence-electron chi connectivity index (χ3n) is 5.16. The minimum atomic E-state index is 0.0189. The normalized spacial score (nSPS) is 16.7. The largest absolute Gasteiger partial charge is 0.356 e. The average molecular weight is 365 g/mol. The van der Waals surface area contributed by atoms with Gasteiger partial charge in [-0.15, -0.1) is 11.3 Å². The van der Waals surface area contributed by atoms with Crippen molar-refractivity contribution in [3.8, 4) is 0 Å². The molecule has 2 N–H and O–H groups in total. The van der Waals surface area contributed by atoms with E-state index < -0.39 is 0 Å². The fraction of sp³-hybridized carbons (Fsp3) is 0.684. The lowest BCUT2D eigenvalue weighted by Gasteiger charge is -2.28. The summed E-state index contributed by atoms with van der Waals surface area (Å²) in [6.07, 6.45) is 7.39. The highest BCUT2D eigenvalue weighted by atomic mass is 32.1. The summed E-state index contributed by atoms with van der Waals surface area (Å²) in [7, 11) is 3.53. The lowest BCUT2D eigenvalue weighted by molar-refractivity contribution is -0.127. The molecule has 2 rings (SSSR count). The van der Waals surface area contributed by atoms with Crippen LogP contribution in [0, 0.1) is 5.41 Å². The summed E-state index contributed by atoms with van der Waals surface area (Å²) in [5.41, 5.74) is 0.391. The molecule has 1 heterocycles. The Labute approximate surface area is 155 Å². The number of rotatable bonds is 8. The Hall–Kier alpha value is -1.56. The van der Waals surface area contributed by atoms with Gasteiger partial charge in [0.25, 0.3) is 0 Å². The summed E-state index contributed by atoms with van der Waals surface area (Å²) in [6, 6.07) is 4.23. The van der Waals surface area contributed by atoms with E-state index in [4.69, 9.17) is 0 Å². The van der Waals surface area contributed by atoms with E-state index in [2.05, 4.69) is 40.1 Å². The van der Waals surface area contributed by atoms with Crippen molar-refractivity contribution in [2.45, 2.75) is 45.4 Å². The molecule has 25 heavy (non-hydrogen) atoms. The summed E-state index contributed by atoms with van der Waals surface area (Å²) < 4.78 is 0. The molecule has 1 fully saturated rings. The van der Waals surface area contributed by atoms with Crippen molar-refractivity contribution in [2.75, 3.05) is 33.7 Å². The van der Waals surface area contributed by atoms with Gasteiger partial charge in [0.05, 0.1) is 0 Å². The number of carbonyl (C=O) groups is 1. The Morgan fingerprint density at radius 1 is 1.32 bits per heavy atom. The number of guanidine groups is 1. The zero-order chi connectivity index (χ0) is 18.1. The number of hydrogen-bond acceptors (Lipinski definition) is 3. The van der Waals surface area contributed by atoms with E-state index in [9.17, 15) is 4.79 Å². The zero-order valence-corrected chi connectivity index (χ0v) is 16.6. The molecule has 1 saturated carbocycles. The molecule has 140 valence electrons. The molecular formula is C19H32N4OS. The standard InChI is InChI=1S/C19H32N4OS/c1-4-19(10-5-6-11-19)15-22-18(21-14-17(24)23(2)3)20-12-9-16-8-7-13-25-16/h7-8,13H,4-6,9-12,14-15H2,1-3H3,(H2,20,21,22). The molecule has 6 heteroatoms. The van der Waals surface area contributed by atoms with Crippen LogP contribution in [-0.2, 0) is 11.2 Å². The lowest BCUT2D eigenvalue weighted by atomic mass is 9.83. The van der Waals surface area contributed by atoms with Gasteiger partial charge in [-0.1, -0.05) is 25.8 Å². The highest BCUT2D eigenvalue weighted by Gasteiger charge is 2.31. The minimum Gasteiger partial charge on any atom is -0.356 e. The predicted molar refractivity (Wildman–Crippen MR) is 106 cm³/mol. The summed E-state index contributed by atoms with van der Waals surface area (Å²) in [5, 5.41) is 8.99. The van der Waals surface area contributed by atoms with Crippen molar-refractivity contribution in [1.29, 1.82) is 0 Å². The predicted octanol–water partition coefficient (Wildman–Crippen LogP) is 2.88. The van der Waals surface area contributed by atoms with Gasteiger partial charge >= 0.3 is 0 Å². The Kier molecular flexibility index (Phi) is 7.75. The first-order chi connectivity index (χ1) is 12.0. The molecule has 1 aromatic heterocycles. The topological polar surface area (TPSA) is 56.7 Å². The molecular weight excluding hydrogens is 332 g/mol. The average Bonchev–Trinajstić information content (AvgIpc) is 3.28.